The Morgan fingerprint density at radius 3 is 2.59 bits per heavy atom. The van der Waals surface area contributed by atoms with Gasteiger partial charge in [-0.15, -0.1) is 0 Å². The fourth-order valence-electron chi connectivity index (χ4n) is 2.06. The van der Waals surface area contributed by atoms with Gasteiger partial charge >= 0.3 is 6.18 Å². The molecule has 0 spiro atoms. The van der Waals surface area contributed by atoms with Crippen LogP contribution in [0.25, 0.3) is 0 Å². The molecule has 1 N–H and O–H groups in total. The Labute approximate surface area is 153 Å². The van der Waals surface area contributed by atoms with Gasteiger partial charge in [-0.3, -0.25) is 19.7 Å². The first-order valence-electron chi connectivity index (χ1n) is 6.98. The predicted octanol–water partition coefficient (Wildman–Crippen LogP) is 2.94. The average molecular weight is 401 g/mol. The average Bonchev–Trinajstić information content (AvgIpc) is 2.57. The van der Waals surface area contributed by atoms with Crippen molar-refractivity contribution < 1.29 is 22.9 Å². The minimum Gasteiger partial charge on any atom is -0.323 e. The summed E-state index contributed by atoms with van der Waals surface area (Å²) in [6, 6.07) is 5.14. The predicted molar refractivity (Wildman–Crippen MR) is 87.2 cm³/mol. The summed E-state index contributed by atoms with van der Waals surface area (Å²) in [6.45, 7) is -0.815. The number of carbonyl (C=O) groups is 1. The van der Waals surface area contributed by atoms with Crippen LogP contribution in [0.1, 0.15) is 11.1 Å². The molecule has 2 rings (SSSR count). The Morgan fingerprint density at radius 2 is 2.04 bits per heavy atom. The van der Waals surface area contributed by atoms with E-state index in [-0.39, 0.29) is 16.9 Å². The SMILES string of the molecule is N#Cc1cc([N+](=O)[O-])ccc1NC(=O)Cn1cc(C(F)(F)F)cc(Cl)c1=O. The van der Waals surface area contributed by atoms with Gasteiger partial charge in [0.15, 0.2) is 0 Å². The minimum absolute atomic E-state index is 0.0979. The highest BCUT2D eigenvalue weighted by atomic mass is 35.5. The molecule has 0 radical (unpaired) electrons. The van der Waals surface area contributed by atoms with Gasteiger partial charge in [-0.05, 0) is 12.1 Å². The summed E-state index contributed by atoms with van der Waals surface area (Å²) in [5.41, 5.74) is -2.94. The number of nitrogens with one attached hydrogen (secondary N) is 1. The number of rotatable bonds is 4. The van der Waals surface area contributed by atoms with E-state index in [2.05, 4.69) is 5.32 Å². The Kier molecular flexibility index (Phi) is 5.51. The number of hydrogen-bond acceptors (Lipinski definition) is 5. The van der Waals surface area contributed by atoms with Crippen molar-refractivity contribution in [1.82, 2.24) is 4.57 Å². The standard InChI is InChI=1S/C15H8ClF3N4O4/c16-11-4-9(15(17,18)19)6-22(14(11)25)7-13(24)21-12-2-1-10(23(26)27)3-8(12)5-20/h1-4,6H,7H2,(H,21,24). The number of anilines is 1. The van der Waals surface area contributed by atoms with Crippen LogP contribution in [0, 0.1) is 21.4 Å². The van der Waals surface area contributed by atoms with Crippen molar-refractivity contribution in [2.45, 2.75) is 12.7 Å². The van der Waals surface area contributed by atoms with Crippen LogP contribution in [0.15, 0.2) is 35.3 Å². The summed E-state index contributed by atoms with van der Waals surface area (Å²) in [7, 11) is 0. The van der Waals surface area contributed by atoms with Gasteiger partial charge in [-0.2, -0.15) is 18.4 Å². The van der Waals surface area contributed by atoms with Crippen LogP contribution in [0.5, 0.6) is 0 Å². The number of hydrogen-bond donors (Lipinski definition) is 1. The zero-order valence-corrected chi connectivity index (χ0v) is 13.8. The molecule has 140 valence electrons. The van der Waals surface area contributed by atoms with Crippen LogP contribution in [0.2, 0.25) is 5.02 Å². The molecule has 0 unspecified atom stereocenters. The fraction of sp³-hybridized carbons (Fsp3) is 0.133. The number of nitriles is 1. The van der Waals surface area contributed by atoms with E-state index in [4.69, 9.17) is 16.9 Å². The molecule has 8 nitrogen and oxygen atoms in total. The van der Waals surface area contributed by atoms with Crippen LogP contribution in [0.4, 0.5) is 24.5 Å². The number of alkyl halides is 3. The van der Waals surface area contributed by atoms with Crippen LogP contribution in [-0.4, -0.2) is 15.4 Å². The van der Waals surface area contributed by atoms with Gasteiger partial charge in [0.05, 0.1) is 21.7 Å². The fourth-order valence-corrected chi connectivity index (χ4v) is 2.29. The molecule has 2 aromatic rings. The Morgan fingerprint density at radius 1 is 1.37 bits per heavy atom. The summed E-state index contributed by atoms with van der Waals surface area (Å²) in [5, 5.41) is 21.2. The van der Waals surface area contributed by atoms with Gasteiger partial charge in [0.1, 0.15) is 17.6 Å². The van der Waals surface area contributed by atoms with Crippen molar-refractivity contribution in [1.29, 1.82) is 5.26 Å². The normalized spacial score (nSPS) is 10.9. The number of non-ortho nitro benzene ring substituents is 1. The molecule has 0 fully saturated rings. The molecule has 0 saturated heterocycles. The number of halogens is 4. The third-order valence-corrected chi connectivity index (χ3v) is 3.56. The molecule has 0 saturated carbocycles. The van der Waals surface area contributed by atoms with E-state index in [1.54, 1.807) is 6.07 Å². The van der Waals surface area contributed by atoms with Gasteiger partial charge in [0.2, 0.25) is 5.91 Å². The zero-order valence-electron chi connectivity index (χ0n) is 13.1. The van der Waals surface area contributed by atoms with Crippen molar-refractivity contribution in [3.8, 4) is 6.07 Å². The second-order valence-corrected chi connectivity index (χ2v) is 5.56. The number of nitro benzene ring substituents is 1. The second kappa shape index (κ2) is 7.46. The van der Waals surface area contributed by atoms with E-state index >= 15 is 0 Å². The number of pyridine rings is 1. The maximum absolute atomic E-state index is 12.8. The second-order valence-electron chi connectivity index (χ2n) is 5.15. The highest BCUT2D eigenvalue weighted by Crippen LogP contribution is 2.29. The topological polar surface area (TPSA) is 118 Å². The molecule has 1 amide bonds. The van der Waals surface area contributed by atoms with E-state index in [0.29, 0.717) is 16.8 Å². The van der Waals surface area contributed by atoms with Crippen LogP contribution in [-0.2, 0) is 17.5 Å². The van der Waals surface area contributed by atoms with E-state index < -0.39 is 39.7 Å². The minimum atomic E-state index is -4.78. The van der Waals surface area contributed by atoms with Crippen LogP contribution >= 0.6 is 11.6 Å². The van der Waals surface area contributed by atoms with Crippen LogP contribution < -0.4 is 10.9 Å². The molecular formula is C15H8ClF3N4O4. The maximum atomic E-state index is 12.8. The third kappa shape index (κ3) is 4.62. The molecule has 0 aliphatic carbocycles. The Balaban J connectivity index is 2.29. The quantitative estimate of drug-likeness (QED) is 0.625. The molecule has 0 atom stereocenters. The number of nitro groups is 1. The molecule has 0 bridgehead atoms. The smallest absolute Gasteiger partial charge is 0.323 e. The maximum Gasteiger partial charge on any atom is 0.417 e. The van der Waals surface area contributed by atoms with Gasteiger partial charge in [-0.25, -0.2) is 0 Å². The number of benzene rings is 1. The number of amides is 1. The lowest BCUT2D eigenvalue weighted by atomic mass is 10.1. The van der Waals surface area contributed by atoms with Crippen LogP contribution in [0.3, 0.4) is 0 Å². The highest BCUT2D eigenvalue weighted by molar-refractivity contribution is 6.30. The lowest BCUT2D eigenvalue weighted by Gasteiger charge is -2.12. The molecule has 0 aliphatic rings. The van der Waals surface area contributed by atoms with Crippen molar-refractivity contribution in [2.24, 2.45) is 0 Å². The lowest BCUT2D eigenvalue weighted by Crippen LogP contribution is -2.29. The van der Waals surface area contributed by atoms with Crippen molar-refractivity contribution in [3.63, 3.8) is 0 Å². The number of nitrogens with zero attached hydrogens (tertiary/aromatic N) is 3. The number of carbonyl (C=O) groups excluding carboxylic acids is 1. The summed E-state index contributed by atoms with van der Waals surface area (Å²) in [5.74, 6) is -0.933. The van der Waals surface area contributed by atoms with E-state index in [1.165, 1.54) is 0 Å². The highest BCUT2D eigenvalue weighted by Gasteiger charge is 2.32. The van der Waals surface area contributed by atoms with Crippen molar-refractivity contribution in [2.75, 3.05) is 5.32 Å². The Hall–Kier alpha value is -3.39. The van der Waals surface area contributed by atoms with Gasteiger partial charge in [-0.1, -0.05) is 11.6 Å². The lowest BCUT2D eigenvalue weighted by molar-refractivity contribution is -0.384. The first-order valence-corrected chi connectivity index (χ1v) is 7.36. The van der Waals surface area contributed by atoms with E-state index in [1.807, 2.05) is 0 Å². The largest absolute Gasteiger partial charge is 0.417 e. The summed E-state index contributed by atoms with van der Waals surface area (Å²) in [4.78, 5) is 33.8. The zero-order chi connectivity index (χ0) is 20.4. The van der Waals surface area contributed by atoms with Crippen molar-refractivity contribution in [3.05, 3.63) is 67.1 Å². The summed E-state index contributed by atoms with van der Waals surface area (Å²) in [6.07, 6.45) is -4.34. The molecule has 1 heterocycles. The monoisotopic (exact) mass is 400 g/mol. The first kappa shape index (κ1) is 19.9. The van der Waals surface area contributed by atoms with Gasteiger partial charge in [0.25, 0.3) is 11.2 Å². The molecular weight excluding hydrogens is 393 g/mol. The molecule has 27 heavy (non-hydrogen) atoms. The van der Waals surface area contributed by atoms with E-state index in [0.717, 1.165) is 18.2 Å². The molecule has 0 aliphatic heterocycles. The van der Waals surface area contributed by atoms with Gasteiger partial charge < -0.3 is 9.88 Å². The molecule has 1 aromatic carbocycles. The summed E-state index contributed by atoms with van der Waals surface area (Å²) >= 11 is 5.49. The Bertz CT molecular complexity index is 1030. The van der Waals surface area contributed by atoms with Crippen molar-refractivity contribution >= 4 is 28.9 Å². The molecule has 1 aromatic heterocycles. The van der Waals surface area contributed by atoms with E-state index in [9.17, 15) is 32.9 Å². The number of aromatic nitrogens is 1. The summed E-state index contributed by atoms with van der Waals surface area (Å²) < 4.78 is 38.9. The third-order valence-electron chi connectivity index (χ3n) is 3.29. The van der Waals surface area contributed by atoms with Gasteiger partial charge in [0, 0.05) is 18.3 Å². The first-order chi connectivity index (χ1) is 12.5. The molecule has 12 heteroatoms.